The molecule has 1 aromatic carbocycles. The lowest BCUT2D eigenvalue weighted by atomic mass is 9.82. The second-order valence-electron chi connectivity index (χ2n) is 7.76. The molecule has 3 aromatic rings. The van der Waals surface area contributed by atoms with Crippen LogP contribution in [0.15, 0.2) is 41.2 Å². The van der Waals surface area contributed by atoms with E-state index >= 15 is 0 Å². The van der Waals surface area contributed by atoms with Crippen molar-refractivity contribution in [3.8, 4) is 5.69 Å². The maximum atomic E-state index is 12.9. The Hall–Kier alpha value is -2.67. The molecule has 2 aliphatic rings. The summed E-state index contributed by atoms with van der Waals surface area (Å²) in [5.41, 5.74) is 2.15. The molecule has 2 N–H and O–H groups in total. The molecule has 2 aliphatic heterocycles. The first-order valence-corrected chi connectivity index (χ1v) is 9.66. The van der Waals surface area contributed by atoms with Crippen LogP contribution in [0.3, 0.4) is 0 Å². The molecule has 7 heteroatoms. The number of amides is 1. The fourth-order valence-electron chi connectivity index (χ4n) is 4.70. The van der Waals surface area contributed by atoms with Gasteiger partial charge in [-0.1, -0.05) is 6.42 Å². The number of rotatable bonds is 3. The van der Waals surface area contributed by atoms with Gasteiger partial charge < -0.3 is 10.2 Å². The average Bonchev–Trinajstić information content (AvgIpc) is 3.31. The second kappa shape index (κ2) is 6.49. The topological polar surface area (TPSA) is 78.0 Å². The predicted molar refractivity (Wildman–Crippen MR) is 99.6 cm³/mol. The van der Waals surface area contributed by atoms with E-state index in [0.29, 0.717) is 17.8 Å². The van der Waals surface area contributed by atoms with Gasteiger partial charge in [0.1, 0.15) is 0 Å². The molecule has 4 heterocycles. The summed E-state index contributed by atoms with van der Waals surface area (Å²) in [6.07, 6.45) is 9.26. The smallest absolute Gasteiger partial charge is 0.272 e. The minimum Gasteiger partial charge on any atom is -0.348 e. The van der Waals surface area contributed by atoms with Crippen LogP contribution in [0, 0.1) is 0 Å². The number of carbonyl (C=O) groups is 1. The van der Waals surface area contributed by atoms with Gasteiger partial charge in [0.15, 0.2) is 12.0 Å². The summed E-state index contributed by atoms with van der Waals surface area (Å²) in [6.45, 7) is 0. The lowest BCUT2D eigenvalue weighted by Crippen LogP contribution is -2.55. The van der Waals surface area contributed by atoms with Gasteiger partial charge in [-0.3, -0.25) is 9.89 Å². The van der Waals surface area contributed by atoms with E-state index in [9.17, 15) is 4.79 Å². The summed E-state index contributed by atoms with van der Waals surface area (Å²) in [5.74, 6) is -0.101. The van der Waals surface area contributed by atoms with E-state index in [4.69, 9.17) is 4.52 Å². The van der Waals surface area contributed by atoms with Crippen LogP contribution in [0.1, 0.15) is 42.6 Å². The normalized spacial score (nSPS) is 25.6. The van der Waals surface area contributed by atoms with Gasteiger partial charge in [0.2, 0.25) is 6.20 Å². The van der Waals surface area contributed by atoms with E-state index in [0.717, 1.165) is 29.4 Å². The molecule has 1 amide bonds. The van der Waals surface area contributed by atoms with Crippen molar-refractivity contribution in [2.24, 2.45) is 0 Å². The van der Waals surface area contributed by atoms with Crippen LogP contribution >= 0.6 is 0 Å². The van der Waals surface area contributed by atoms with Crippen LogP contribution < -0.4 is 10.1 Å². The third-order valence-electron chi connectivity index (χ3n) is 6.17. The molecule has 2 bridgehead atoms. The van der Waals surface area contributed by atoms with Crippen LogP contribution in [0.2, 0.25) is 0 Å². The van der Waals surface area contributed by atoms with Crippen molar-refractivity contribution in [3.63, 3.8) is 0 Å². The van der Waals surface area contributed by atoms with E-state index in [1.165, 1.54) is 19.3 Å². The number of carbonyl (C=O) groups excluding carboxylic acids is 1. The predicted octanol–water partition coefficient (Wildman–Crippen LogP) is 2.18. The van der Waals surface area contributed by atoms with Crippen LogP contribution in [0.5, 0.6) is 0 Å². The third-order valence-corrected chi connectivity index (χ3v) is 6.17. The Labute approximate surface area is 157 Å². The van der Waals surface area contributed by atoms with Crippen molar-refractivity contribution < 1.29 is 14.1 Å². The van der Waals surface area contributed by atoms with Gasteiger partial charge in [-0.15, -0.1) is 0 Å². The van der Waals surface area contributed by atoms with E-state index in [-0.39, 0.29) is 11.9 Å². The lowest BCUT2D eigenvalue weighted by molar-refractivity contribution is -0.784. The summed E-state index contributed by atoms with van der Waals surface area (Å²) in [4.78, 5) is 15.5. The number of benzene rings is 1. The number of aromatic nitrogens is 3. The zero-order chi connectivity index (χ0) is 18.4. The zero-order valence-electron chi connectivity index (χ0n) is 15.4. The molecule has 2 saturated heterocycles. The van der Waals surface area contributed by atoms with Crippen molar-refractivity contribution in [1.29, 1.82) is 0 Å². The fourth-order valence-corrected chi connectivity index (χ4v) is 4.70. The molecule has 27 heavy (non-hydrogen) atoms. The average molecular weight is 366 g/mol. The second-order valence-corrected chi connectivity index (χ2v) is 7.76. The highest BCUT2D eigenvalue weighted by Crippen LogP contribution is 2.32. The molecule has 2 atom stereocenters. The largest absolute Gasteiger partial charge is 0.348 e. The molecule has 7 nitrogen and oxygen atoms in total. The standard InChI is InChI=1S/C20H23N5O2/c1-24-14-4-2-5-15(24)11-13(10-14)21-20(26)19-17-12-16(25-8-3-9-27-25)6-7-18(17)22-23-19/h3,6-9,12-15H,2,4-5,10-11H2,1H3,(H-,21,22,23,26)/p+1. The van der Waals surface area contributed by atoms with Gasteiger partial charge in [0, 0.05) is 46.5 Å². The molecule has 2 fully saturated rings. The van der Waals surface area contributed by atoms with Gasteiger partial charge in [0.25, 0.3) is 11.6 Å². The van der Waals surface area contributed by atoms with Gasteiger partial charge in [0.05, 0.1) is 5.52 Å². The Kier molecular flexibility index (Phi) is 3.97. The highest BCUT2D eigenvalue weighted by Gasteiger charge is 2.36. The van der Waals surface area contributed by atoms with Crippen LogP contribution in [0.4, 0.5) is 0 Å². The molecule has 140 valence electrons. The first kappa shape index (κ1) is 16.5. The van der Waals surface area contributed by atoms with Crippen LogP contribution in [-0.2, 0) is 0 Å². The van der Waals surface area contributed by atoms with E-state index < -0.39 is 0 Å². The number of fused-ring (bicyclic) bond motifs is 3. The molecule has 0 radical (unpaired) electrons. The van der Waals surface area contributed by atoms with Gasteiger partial charge in [-0.05, 0) is 38.8 Å². The number of piperidine rings is 2. The highest BCUT2D eigenvalue weighted by atomic mass is 16.5. The number of hydrogen-bond donors (Lipinski definition) is 2. The molecule has 0 spiro atoms. The fraction of sp³-hybridized carbons (Fsp3) is 0.450. The SMILES string of the molecule is CN1C2CCCC1CC(NC(=O)c1n[nH]c3ccc(-[n+]4ccco4)cc13)C2. The third kappa shape index (κ3) is 2.92. The zero-order valence-corrected chi connectivity index (χ0v) is 15.4. The number of aromatic amines is 1. The van der Waals surface area contributed by atoms with Gasteiger partial charge in [-0.2, -0.15) is 5.10 Å². The van der Waals surface area contributed by atoms with E-state index in [1.54, 1.807) is 11.0 Å². The Balaban J connectivity index is 1.38. The number of nitrogens with zero attached hydrogens (tertiary/aromatic N) is 3. The minimum atomic E-state index is -0.101. The maximum Gasteiger partial charge on any atom is 0.272 e. The Morgan fingerprint density at radius 2 is 2.15 bits per heavy atom. The summed E-state index contributed by atoms with van der Waals surface area (Å²) >= 11 is 0. The van der Waals surface area contributed by atoms with Gasteiger partial charge >= 0.3 is 0 Å². The Bertz CT molecular complexity index is 950. The number of H-pyrrole nitrogens is 1. The highest BCUT2D eigenvalue weighted by molar-refractivity contribution is 6.05. The molecule has 0 saturated carbocycles. The first-order valence-electron chi connectivity index (χ1n) is 9.66. The van der Waals surface area contributed by atoms with Gasteiger partial charge in [-0.25, -0.2) is 4.52 Å². The minimum absolute atomic E-state index is 0.101. The van der Waals surface area contributed by atoms with Crippen molar-refractivity contribution in [2.75, 3.05) is 7.05 Å². The van der Waals surface area contributed by atoms with Crippen molar-refractivity contribution >= 4 is 16.8 Å². The Morgan fingerprint density at radius 3 is 2.89 bits per heavy atom. The molecule has 5 rings (SSSR count). The number of hydrogen-bond acceptors (Lipinski definition) is 4. The monoisotopic (exact) mass is 366 g/mol. The summed E-state index contributed by atoms with van der Waals surface area (Å²) in [7, 11) is 2.22. The van der Waals surface area contributed by atoms with Crippen molar-refractivity contribution in [3.05, 3.63) is 42.4 Å². The lowest BCUT2D eigenvalue weighted by Gasteiger charge is -2.47. The number of nitrogens with one attached hydrogen (secondary N) is 2. The molecule has 2 aromatic heterocycles. The van der Waals surface area contributed by atoms with Crippen LogP contribution in [-0.4, -0.2) is 46.2 Å². The maximum absolute atomic E-state index is 12.9. The summed E-state index contributed by atoms with van der Waals surface area (Å²) in [5, 5.41) is 11.3. The first-order chi connectivity index (χ1) is 13.2. The van der Waals surface area contributed by atoms with E-state index in [2.05, 4.69) is 27.5 Å². The summed E-state index contributed by atoms with van der Waals surface area (Å²) < 4.78 is 7.06. The van der Waals surface area contributed by atoms with E-state index in [1.807, 2.05) is 30.5 Å². The Morgan fingerprint density at radius 1 is 1.33 bits per heavy atom. The van der Waals surface area contributed by atoms with Crippen molar-refractivity contribution in [1.82, 2.24) is 20.4 Å². The van der Waals surface area contributed by atoms with Crippen molar-refractivity contribution in [2.45, 2.75) is 50.2 Å². The van der Waals surface area contributed by atoms with Crippen LogP contribution in [0.25, 0.3) is 16.6 Å². The quantitative estimate of drug-likeness (QED) is 0.697. The molecular weight excluding hydrogens is 342 g/mol. The molecule has 2 unspecified atom stereocenters. The summed E-state index contributed by atoms with van der Waals surface area (Å²) in [6, 6.07) is 9.00. The molecular formula is C20H24N5O2+. The molecule has 0 aliphatic carbocycles.